The quantitative estimate of drug-likeness (QED) is 0.802. The minimum atomic E-state index is -3.61. The first kappa shape index (κ1) is 19.4. The molecule has 134 valence electrons. The summed E-state index contributed by atoms with van der Waals surface area (Å²) >= 11 is 5.72. The predicted octanol–water partition coefficient (Wildman–Crippen LogP) is 2.55. The lowest BCUT2D eigenvalue weighted by molar-refractivity contribution is -0.115. The summed E-state index contributed by atoms with van der Waals surface area (Å²) in [4.78, 5) is 12.1. The average molecular weight is 402 g/mol. The molecular weight excluding hydrogens is 386 g/mol. The maximum Gasteiger partial charge on any atom is 0.225 e. The Morgan fingerprint density at radius 1 is 1.00 bits per heavy atom. The van der Waals surface area contributed by atoms with Crippen molar-refractivity contribution in [3.05, 3.63) is 53.6 Å². The van der Waals surface area contributed by atoms with Gasteiger partial charge in [0, 0.05) is 23.4 Å². The fourth-order valence-electron chi connectivity index (χ4n) is 2.01. The van der Waals surface area contributed by atoms with Gasteiger partial charge in [-0.2, -0.15) is 0 Å². The van der Waals surface area contributed by atoms with E-state index in [9.17, 15) is 21.6 Å². The highest BCUT2D eigenvalue weighted by atomic mass is 35.5. The number of nitrogens with one attached hydrogen (secondary N) is 1. The van der Waals surface area contributed by atoms with Crippen molar-refractivity contribution < 1.29 is 21.6 Å². The monoisotopic (exact) mass is 401 g/mol. The first-order valence-corrected chi connectivity index (χ1v) is 11.1. The van der Waals surface area contributed by atoms with Crippen LogP contribution in [0.15, 0.2) is 58.3 Å². The molecule has 0 fully saturated rings. The molecule has 0 bridgehead atoms. The number of hydrogen-bond acceptors (Lipinski definition) is 5. The van der Waals surface area contributed by atoms with Crippen molar-refractivity contribution in [1.29, 1.82) is 0 Å². The van der Waals surface area contributed by atoms with Gasteiger partial charge in [0.2, 0.25) is 5.91 Å². The van der Waals surface area contributed by atoms with Crippen LogP contribution >= 0.6 is 11.6 Å². The van der Waals surface area contributed by atoms with Crippen molar-refractivity contribution in [2.45, 2.75) is 16.2 Å². The van der Waals surface area contributed by atoms with Gasteiger partial charge in [-0.05, 0) is 42.5 Å². The van der Waals surface area contributed by atoms with Gasteiger partial charge in [-0.1, -0.05) is 17.7 Å². The summed E-state index contributed by atoms with van der Waals surface area (Å²) in [7, 11) is -7.01. The third-order valence-electron chi connectivity index (χ3n) is 3.32. The number of carbonyl (C=O) groups is 1. The van der Waals surface area contributed by atoms with Gasteiger partial charge in [0.05, 0.1) is 15.5 Å². The summed E-state index contributed by atoms with van der Waals surface area (Å²) in [6, 6.07) is 11.4. The minimum absolute atomic E-state index is 0.0686. The number of anilines is 1. The van der Waals surface area contributed by atoms with Gasteiger partial charge in [-0.15, -0.1) is 0 Å². The summed E-state index contributed by atoms with van der Waals surface area (Å²) in [6.45, 7) is 0. The first-order chi connectivity index (χ1) is 11.6. The Morgan fingerprint density at radius 3 is 2.24 bits per heavy atom. The second-order valence-electron chi connectivity index (χ2n) is 5.37. The van der Waals surface area contributed by atoms with E-state index in [1.807, 2.05) is 0 Å². The molecule has 0 spiro atoms. The Balaban J connectivity index is 2.02. The molecule has 0 aromatic heterocycles. The van der Waals surface area contributed by atoms with E-state index in [0.717, 1.165) is 6.26 Å². The molecule has 0 unspecified atom stereocenters. The van der Waals surface area contributed by atoms with Crippen molar-refractivity contribution in [1.82, 2.24) is 0 Å². The molecule has 0 aliphatic carbocycles. The molecule has 2 aromatic carbocycles. The van der Waals surface area contributed by atoms with Crippen LogP contribution in [0.3, 0.4) is 0 Å². The molecule has 6 nitrogen and oxygen atoms in total. The highest BCUT2D eigenvalue weighted by Crippen LogP contribution is 2.18. The maximum absolute atomic E-state index is 12.2. The number of sulfone groups is 2. The number of hydrogen-bond donors (Lipinski definition) is 1. The van der Waals surface area contributed by atoms with Crippen molar-refractivity contribution in [3.8, 4) is 0 Å². The normalized spacial score (nSPS) is 11.9. The zero-order chi connectivity index (χ0) is 18.7. The van der Waals surface area contributed by atoms with E-state index in [0.29, 0.717) is 5.02 Å². The van der Waals surface area contributed by atoms with Gasteiger partial charge in [-0.25, -0.2) is 16.8 Å². The second-order valence-corrected chi connectivity index (χ2v) is 9.93. The van der Waals surface area contributed by atoms with Crippen molar-refractivity contribution in [3.63, 3.8) is 0 Å². The summed E-state index contributed by atoms with van der Waals surface area (Å²) in [6.07, 6.45) is 0.806. The zero-order valence-electron chi connectivity index (χ0n) is 13.3. The molecule has 9 heteroatoms. The molecule has 0 saturated heterocycles. The van der Waals surface area contributed by atoms with E-state index < -0.39 is 25.6 Å². The van der Waals surface area contributed by atoms with E-state index in [2.05, 4.69) is 5.32 Å². The van der Waals surface area contributed by atoms with E-state index in [4.69, 9.17) is 11.6 Å². The molecule has 1 amide bonds. The molecule has 2 rings (SSSR count). The van der Waals surface area contributed by atoms with Crippen LogP contribution in [-0.4, -0.2) is 34.8 Å². The summed E-state index contributed by atoms with van der Waals surface area (Å²) in [5.74, 6) is -0.894. The summed E-state index contributed by atoms with van der Waals surface area (Å²) in [5, 5.41) is 2.92. The SMILES string of the molecule is CS(=O)(=O)c1cccc(NC(=O)CCS(=O)(=O)c2ccc(Cl)cc2)c1. The number of carbonyl (C=O) groups excluding carboxylic acids is 1. The van der Waals surface area contributed by atoms with Gasteiger partial charge in [0.15, 0.2) is 19.7 Å². The molecule has 0 saturated carbocycles. The minimum Gasteiger partial charge on any atom is -0.326 e. The average Bonchev–Trinajstić information content (AvgIpc) is 2.53. The lowest BCUT2D eigenvalue weighted by Crippen LogP contribution is -2.17. The molecule has 0 aliphatic rings. The summed E-state index contributed by atoms with van der Waals surface area (Å²) in [5.41, 5.74) is 0.289. The largest absolute Gasteiger partial charge is 0.326 e. The van der Waals surface area contributed by atoms with Gasteiger partial charge in [-0.3, -0.25) is 4.79 Å². The highest BCUT2D eigenvalue weighted by molar-refractivity contribution is 7.91. The van der Waals surface area contributed by atoms with Gasteiger partial charge < -0.3 is 5.32 Å². The number of amides is 1. The van der Waals surface area contributed by atoms with E-state index in [1.54, 1.807) is 0 Å². The standard InChI is InChI=1S/C16H16ClNO5S2/c1-24(20,21)15-4-2-3-13(11-15)18-16(19)9-10-25(22,23)14-7-5-12(17)6-8-14/h2-8,11H,9-10H2,1H3,(H,18,19). The predicted molar refractivity (Wildman–Crippen MR) is 96.3 cm³/mol. The second kappa shape index (κ2) is 7.55. The van der Waals surface area contributed by atoms with Crippen LogP contribution in [0.25, 0.3) is 0 Å². The van der Waals surface area contributed by atoms with Crippen LogP contribution in [0.4, 0.5) is 5.69 Å². The molecule has 0 atom stereocenters. The Morgan fingerprint density at radius 2 is 1.64 bits per heavy atom. The highest BCUT2D eigenvalue weighted by Gasteiger charge is 2.17. The fourth-order valence-corrected chi connectivity index (χ4v) is 4.05. The lowest BCUT2D eigenvalue weighted by atomic mass is 10.3. The maximum atomic E-state index is 12.2. The molecule has 2 aromatic rings. The summed E-state index contributed by atoms with van der Waals surface area (Å²) < 4.78 is 47.4. The molecule has 0 radical (unpaired) electrons. The van der Waals surface area contributed by atoms with Gasteiger partial charge in [0.25, 0.3) is 0 Å². The molecule has 25 heavy (non-hydrogen) atoms. The van der Waals surface area contributed by atoms with E-state index >= 15 is 0 Å². The molecule has 0 heterocycles. The third-order valence-corrected chi connectivity index (χ3v) is 6.41. The fraction of sp³-hybridized carbons (Fsp3) is 0.188. The smallest absolute Gasteiger partial charge is 0.225 e. The molecule has 0 aliphatic heterocycles. The Bertz CT molecular complexity index is 983. The van der Waals surface area contributed by atoms with Crippen LogP contribution in [0.1, 0.15) is 6.42 Å². The number of benzene rings is 2. The van der Waals surface area contributed by atoms with E-state index in [-0.39, 0.29) is 27.7 Å². The third kappa shape index (κ3) is 5.55. The van der Waals surface area contributed by atoms with Crippen LogP contribution in [-0.2, 0) is 24.5 Å². The lowest BCUT2D eigenvalue weighted by Gasteiger charge is -2.08. The molecule has 1 N–H and O–H groups in total. The Kier molecular flexibility index (Phi) is 5.87. The van der Waals surface area contributed by atoms with Crippen LogP contribution in [0.5, 0.6) is 0 Å². The first-order valence-electron chi connectivity index (χ1n) is 7.16. The molecular formula is C16H16ClNO5S2. The van der Waals surface area contributed by atoms with E-state index in [1.165, 1.54) is 48.5 Å². The van der Waals surface area contributed by atoms with Crippen molar-refractivity contribution >= 4 is 42.9 Å². The number of halogens is 1. The topological polar surface area (TPSA) is 97.4 Å². The number of rotatable bonds is 6. The Hall–Kier alpha value is -1.90. The van der Waals surface area contributed by atoms with Crippen molar-refractivity contribution in [2.75, 3.05) is 17.3 Å². The van der Waals surface area contributed by atoms with Crippen LogP contribution in [0, 0.1) is 0 Å². The van der Waals surface area contributed by atoms with Crippen molar-refractivity contribution in [2.24, 2.45) is 0 Å². The van der Waals surface area contributed by atoms with Crippen LogP contribution in [0.2, 0.25) is 5.02 Å². The zero-order valence-corrected chi connectivity index (χ0v) is 15.7. The van der Waals surface area contributed by atoms with Gasteiger partial charge in [0.1, 0.15) is 0 Å². The van der Waals surface area contributed by atoms with Crippen LogP contribution < -0.4 is 5.32 Å². The Labute approximate surface area is 151 Å². The van der Waals surface area contributed by atoms with Gasteiger partial charge >= 0.3 is 0 Å².